The second-order valence-corrected chi connectivity index (χ2v) is 5.57. The van der Waals surface area contributed by atoms with Crippen LogP contribution >= 0.6 is 24.0 Å². The van der Waals surface area contributed by atoms with Crippen molar-refractivity contribution in [1.29, 1.82) is 0 Å². The van der Waals surface area contributed by atoms with Crippen LogP contribution in [0.3, 0.4) is 0 Å². The van der Waals surface area contributed by atoms with Crippen molar-refractivity contribution in [2.45, 2.75) is 32.2 Å². The molecule has 1 aromatic carbocycles. The van der Waals surface area contributed by atoms with Crippen LogP contribution in [0.4, 0.5) is 0 Å². The molecule has 23 heavy (non-hydrogen) atoms. The highest BCUT2D eigenvalue weighted by molar-refractivity contribution is 6.30. The number of nitrogens with one attached hydrogen (secondary N) is 1. The Morgan fingerprint density at radius 1 is 1.43 bits per heavy atom. The summed E-state index contributed by atoms with van der Waals surface area (Å²) in [7, 11) is 0. The SMILES string of the molecule is CCCCC(CN)NC(=O)c1cc(-c2cccc(Cl)c2)on1.Cl. The molecule has 0 saturated carbocycles. The Morgan fingerprint density at radius 3 is 2.87 bits per heavy atom. The van der Waals surface area contributed by atoms with Crippen LogP contribution < -0.4 is 11.1 Å². The van der Waals surface area contributed by atoms with E-state index in [0.29, 0.717) is 17.3 Å². The highest BCUT2D eigenvalue weighted by Gasteiger charge is 2.17. The first-order valence-electron chi connectivity index (χ1n) is 7.37. The summed E-state index contributed by atoms with van der Waals surface area (Å²) < 4.78 is 5.22. The number of hydrogen-bond donors (Lipinski definition) is 2. The quantitative estimate of drug-likeness (QED) is 0.791. The molecule has 0 radical (unpaired) electrons. The topological polar surface area (TPSA) is 81.1 Å². The van der Waals surface area contributed by atoms with Gasteiger partial charge in [-0.15, -0.1) is 12.4 Å². The van der Waals surface area contributed by atoms with Crippen LogP contribution in [0.25, 0.3) is 11.3 Å². The number of halogens is 2. The average molecular weight is 358 g/mol. The minimum absolute atomic E-state index is 0. The predicted molar refractivity (Wildman–Crippen MR) is 94.0 cm³/mol. The smallest absolute Gasteiger partial charge is 0.273 e. The summed E-state index contributed by atoms with van der Waals surface area (Å²) >= 11 is 5.94. The predicted octanol–water partition coefficient (Wildman–Crippen LogP) is 3.66. The molecule has 0 aliphatic heterocycles. The van der Waals surface area contributed by atoms with Gasteiger partial charge in [0.2, 0.25) is 0 Å². The molecule has 0 bridgehead atoms. The number of aromatic nitrogens is 1. The molecule has 126 valence electrons. The van der Waals surface area contributed by atoms with Crippen LogP contribution in [0.15, 0.2) is 34.9 Å². The number of unbranched alkanes of at least 4 members (excludes halogenated alkanes) is 1. The van der Waals surface area contributed by atoms with Gasteiger partial charge in [0.1, 0.15) is 0 Å². The van der Waals surface area contributed by atoms with E-state index in [-0.39, 0.29) is 30.0 Å². The van der Waals surface area contributed by atoms with E-state index in [0.717, 1.165) is 24.8 Å². The molecule has 1 unspecified atom stereocenters. The zero-order chi connectivity index (χ0) is 15.9. The number of benzene rings is 1. The molecule has 2 aromatic rings. The highest BCUT2D eigenvalue weighted by Crippen LogP contribution is 2.23. The van der Waals surface area contributed by atoms with Crippen molar-refractivity contribution < 1.29 is 9.32 Å². The molecule has 0 spiro atoms. The van der Waals surface area contributed by atoms with Gasteiger partial charge in [-0.2, -0.15) is 0 Å². The molecule has 1 heterocycles. The van der Waals surface area contributed by atoms with Gasteiger partial charge >= 0.3 is 0 Å². The van der Waals surface area contributed by atoms with E-state index in [1.54, 1.807) is 18.2 Å². The molecule has 5 nitrogen and oxygen atoms in total. The summed E-state index contributed by atoms with van der Waals surface area (Å²) in [5.74, 6) is 0.231. The summed E-state index contributed by atoms with van der Waals surface area (Å²) in [6.45, 7) is 2.51. The zero-order valence-electron chi connectivity index (χ0n) is 12.9. The van der Waals surface area contributed by atoms with Crippen LogP contribution in [-0.2, 0) is 0 Å². The van der Waals surface area contributed by atoms with Gasteiger partial charge in [-0.3, -0.25) is 4.79 Å². The maximum Gasteiger partial charge on any atom is 0.273 e. The number of carbonyl (C=O) groups excluding carboxylic acids is 1. The van der Waals surface area contributed by atoms with Gasteiger partial charge in [0.05, 0.1) is 0 Å². The summed E-state index contributed by atoms with van der Waals surface area (Å²) in [6, 6.07) is 8.75. The van der Waals surface area contributed by atoms with E-state index in [2.05, 4.69) is 17.4 Å². The van der Waals surface area contributed by atoms with Gasteiger partial charge in [-0.1, -0.05) is 48.7 Å². The third-order valence-electron chi connectivity index (χ3n) is 3.38. The molecule has 0 saturated heterocycles. The van der Waals surface area contributed by atoms with Crippen molar-refractivity contribution in [3.63, 3.8) is 0 Å². The first kappa shape index (κ1) is 19.5. The van der Waals surface area contributed by atoms with Gasteiger partial charge in [-0.25, -0.2) is 0 Å². The third-order valence-corrected chi connectivity index (χ3v) is 3.61. The molecule has 0 aliphatic rings. The summed E-state index contributed by atoms with van der Waals surface area (Å²) in [5.41, 5.74) is 6.70. The van der Waals surface area contributed by atoms with E-state index in [1.165, 1.54) is 0 Å². The standard InChI is InChI=1S/C16H20ClN3O2.ClH/c1-2-3-7-13(10-18)19-16(21)14-9-15(22-20-14)11-5-4-6-12(17)8-11;/h4-6,8-9,13H,2-3,7,10,18H2,1H3,(H,19,21);1H. The van der Waals surface area contributed by atoms with Gasteiger partial charge in [0, 0.05) is 29.2 Å². The minimum atomic E-state index is -0.274. The van der Waals surface area contributed by atoms with Gasteiger partial charge in [0.25, 0.3) is 5.91 Å². The fraction of sp³-hybridized carbons (Fsp3) is 0.375. The highest BCUT2D eigenvalue weighted by atomic mass is 35.5. The van der Waals surface area contributed by atoms with E-state index in [4.69, 9.17) is 21.9 Å². The minimum Gasteiger partial charge on any atom is -0.355 e. The molecule has 2 rings (SSSR count). The Kier molecular flexibility index (Phi) is 8.09. The molecule has 3 N–H and O–H groups in total. The van der Waals surface area contributed by atoms with Crippen molar-refractivity contribution >= 4 is 29.9 Å². The van der Waals surface area contributed by atoms with E-state index < -0.39 is 0 Å². The van der Waals surface area contributed by atoms with Crippen LogP contribution in [0.2, 0.25) is 5.02 Å². The normalized spacial score (nSPS) is 11.6. The monoisotopic (exact) mass is 357 g/mol. The average Bonchev–Trinajstić information content (AvgIpc) is 3.01. The first-order chi connectivity index (χ1) is 10.6. The Bertz CT molecular complexity index is 631. The number of hydrogen-bond acceptors (Lipinski definition) is 4. The van der Waals surface area contributed by atoms with Crippen molar-refractivity contribution in [3.05, 3.63) is 41.0 Å². The number of rotatable bonds is 7. The van der Waals surface area contributed by atoms with Gasteiger partial charge in [0.15, 0.2) is 11.5 Å². The van der Waals surface area contributed by atoms with Crippen LogP contribution in [0, 0.1) is 0 Å². The molecular weight excluding hydrogens is 337 g/mol. The maximum atomic E-state index is 12.2. The molecule has 0 fully saturated rings. The largest absolute Gasteiger partial charge is 0.355 e. The lowest BCUT2D eigenvalue weighted by atomic mass is 10.1. The Labute approximate surface area is 147 Å². The lowest BCUT2D eigenvalue weighted by Gasteiger charge is -2.15. The van der Waals surface area contributed by atoms with Crippen LogP contribution in [-0.4, -0.2) is 23.7 Å². The van der Waals surface area contributed by atoms with Gasteiger partial charge < -0.3 is 15.6 Å². The van der Waals surface area contributed by atoms with E-state index >= 15 is 0 Å². The van der Waals surface area contributed by atoms with Gasteiger partial charge in [-0.05, 0) is 18.6 Å². The van der Waals surface area contributed by atoms with E-state index in [9.17, 15) is 4.79 Å². The number of nitrogens with two attached hydrogens (primary N) is 1. The third kappa shape index (κ3) is 5.53. The Hall–Kier alpha value is -1.56. The fourth-order valence-electron chi connectivity index (χ4n) is 2.12. The number of nitrogens with zero attached hydrogens (tertiary/aromatic N) is 1. The second kappa shape index (κ2) is 9.55. The van der Waals surface area contributed by atoms with E-state index in [1.807, 2.05) is 12.1 Å². The molecule has 1 aromatic heterocycles. The zero-order valence-corrected chi connectivity index (χ0v) is 14.5. The van der Waals surface area contributed by atoms with Crippen molar-refractivity contribution in [2.24, 2.45) is 5.73 Å². The molecular formula is C16H21Cl2N3O2. The lowest BCUT2D eigenvalue weighted by Crippen LogP contribution is -2.40. The number of amides is 1. The molecule has 1 amide bonds. The summed E-state index contributed by atoms with van der Waals surface area (Å²) in [4.78, 5) is 12.2. The van der Waals surface area contributed by atoms with Crippen LogP contribution in [0.5, 0.6) is 0 Å². The number of carbonyl (C=O) groups is 1. The molecule has 7 heteroatoms. The summed E-state index contributed by atoms with van der Waals surface area (Å²) in [6.07, 6.45) is 2.95. The molecule has 1 atom stereocenters. The maximum absolute atomic E-state index is 12.2. The molecule has 0 aliphatic carbocycles. The summed E-state index contributed by atoms with van der Waals surface area (Å²) in [5, 5.41) is 7.30. The van der Waals surface area contributed by atoms with Crippen LogP contribution in [0.1, 0.15) is 36.7 Å². The second-order valence-electron chi connectivity index (χ2n) is 5.14. The van der Waals surface area contributed by atoms with Crippen molar-refractivity contribution in [3.8, 4) is 11.3 Å². The van der Waals surface area contributed by atoms with Crippen molar-refractivity contribution in [1.82, 2.24) is 10.5 Å². The fourth-order valence-corrected chi connectivity index (χ4v) is 2.31. The first-order valence-corrected chi connectivity index (χ1v) is 7.75. The lowest BCUT2D eigenvalue weighted by molar-refractivity contribution is 0.0926. The van der Waals surface area contributed by atoms with Crippen molar-refractivity contribution in [2.75, 3.05) is 6.54 Å². The Morgan fingerprint density at radius 2 is 2.22 bits per heavy atom. The Balaban J connectivity index is 0.00000264.